The van der Waals surface area contributed by atoms with Crippen LogP contribution in [0.1, 0.15) is 29.3 Å². The van der Waals surface area contributed by atoms with Crippen LogP contribution >= 0.6 is 23.4 Å². The SMILES string of the molecule is CCCOc1ccccc1/C=C1/SC(=O)N(CC(=O)Nc2ccc(Cl)c(C(=O)OC)c2)C1=O. The molecule has 0 unspecified atom stereocenters. The van der Waals surface area contributed by atoms with Gasteiger partial charge in [-0.25, -0.2) is 4.79 Å². The zero-order chi connectivity index (χ0) is 24.0. The minimum atomic E-state index is -0.657. The number of hydrogen-bond acceptors (Lipinski definition) is 7. The summed E-state index contributed by atoms with van der Waals surface area (Å²) in [4.78, 5) is 50.5. The van der Waals surface area contributed by atoms with Crippen molar-refractivity contribution in [3.63, 3.8) is 0 Å². The molecule has 0 bridgehead atoms. The lowest BCUT2D eigenvalue weighted by molar-refractivity contribution is -0.127. The summed E-state index contributed by atoms with van der Waals surface area (Å²) in [6, 6.07) is 11.5. The average Bonchev–Trinajstić information content (AvgIpc) is 3.06. The van der Waals surface area contributed by atoms with Gasteiger partial charge in [-0.3, -0.25) is 19.3 Å². The average molecular weight is 489 g/mol. The first kappa shape index (κ1) is 24.3. The van der Waals surface area contributed by atoms with Crippen LogP contribution in [0.2, 0.25) is 5.02 Å². The molecule has 33 heavy (non-hydrogen) atoms. The number of carbonyl (C=O) groups excluding carboxylic acids is 4. The molecular formula is C23H21ClN2O6S. The van der Waals surface area contributed by atoms with Crippen molar-refractivity contribution >= 4 is 58.1 Å². The highest BCUT2D eigenvalue weighted by molar-refractivity contribution is 8.18. The first-order chi connectivity index (χ1) is 15.8. The Morgan fingerprint density at radius 3 is 2.67 bits per heavy atom. The molecular weight excluding hydrogens is 468 g/mol. The number of anilines is 1. The molecule has 0 aliphatic carbocycles. The molecule has 1 aliphatic rings. The van der Waals surface area contributed by atoms with Gasteiger partial charge in [-0.1, -0.05) is 36.7 Å². The van der Waals surface area contributed by atoms with E-state index in [4.69, 9.17) is 16.3 Å². The van der Waals surface area contributed by atoms with E-state index in [2.05, 4.69) is 10.1 Å². The number of halogens is 1. The molecule has 3 amide bonds. The van der Waals surface area contributed by atoms with Gasteiger partial charge in [0.2, 0.25) is 5.91 Å². The Balaban J connectivity index is 1.71. The number of imide groups is 1. The number of nitrogens with one attached hydrogen (secondary N) is 1. The molecule has 0 spiro atoms. The van der Waals surface area contributed by atoms with E-state index in [0.717, 1.165) is 23.1 Å². The van der Waals surface area contributed by atoms with Crippen LogP contribution in [0.15, 0.2) is 47.4 Å². The van der Waals surface area contributed by atoms with E-state index in [1.54, 1.807) is 24.3 Å². The van der Waals surface area contributed by atoms with Gasteiger partial charge >= 0.3 is 5.97 Å². The molecule has 1 fully saturated rings. The molecule has 10 heteroatoms. The summed E-state index contributed by atoms with van der Waals surface area (Å²) in [6.07, 6.45) is 2.41. The number of ether oxygens (including phenoxy) is 2. The van der Waals surface area contributed by atoms with E-state index in [-0.39, 0.29) is 21.2 Å². The second-order valence-corrected chi connectivity index (χ2v) is 8.29. The monoisotopic (exact) mass is 488 g/mol. The molecule has 1 heterocycles. The van der Waals surface area contributed by atoms with E-state index in [0.29, 0.717) is 17.9 Å². The van der Waals surface area contributed by atoms with Crippen LogP contribution in [0, 0.1) is 0 Å². The second-order valence-electron chi connectivity index (χ2n) is 6.89. The number of benzene rings is 2. The normalized spacial score (nSPS) is 14.5. The fourth-order valence-corrected chi connectivity index (χ4v) is 3.96. The smallest absolute Gasteiger partial charge is 0.339 e. The first-order valence-corrected chi connectivity index (χ1v) is 11.2. The highest BCUT2D eigenvalue weighted by atomic mass is 35.5. The third-order valence-electron chi connectivity index (χ3n) is 4.50. The first-order valence-electron chi connectivity index (χ1n) is 9.99. The number of hydrogen-bond donors (Lipinski definition) is 1. The van der Waals surface area contributed by atoms with E-state index in [1.807, 2.05) is 13.0 Å². The quantitative estimate of drug-likeness (QED) is 0.428. The third kappa shape index (κ3) is 5.94. The van der Waals surface area contributed by atoms with Crippen molar-refractivity contribution in [1.29, 1.82) is 0 Å². The summed E-state index contributed by atoms with van der Waals surface area (Å²) in [7, 11) is 1.21. The van der Waals surface area contributed by atoms with Gasteiger partial charge in [0, 0.05) is 11.3 Å². The Kier molecular flexibility index (Phi) is 8.13. The summed E-state index contributed by atoms with van der Waals surface area (Å²) in [5.41, 5.74) is 1.02. The van der Waals surface area contributed by atoms with E-state index in [9.17, 15) is 19.2 Å². The predicted octanol–water partition coefficient (Wildman–Crippen LogP) is 4.59. The van der Waals surface area contributed by atoms with Gasteiger partial charge in [-0.15, -0.1) is 0 Å². The van der Waals surface area contributed by atoms with Gasteiger partial charge in [0.1, 0.15) is 12.3 Å². The molecule has 3 rings (SSSR count). The van der Waals surface area contributed by atoms with Crippen molar-refractivity contribution in [2.45, 2.75) is 13.3 Å². The van der Waals surface area contributed by atoms with Gasteiger partial charge < -0.3 is 14.8 Å². The molecule has 0 radical (unpaired) electrons. The van der Waals surface area contributed by atoms with Crippen molar-refractivity contribution in [2.24, 2.45) is 0 Å². The van der Waals surface area contributed by atoms with Crippen LogP contribution in [0.25, 0.3) is 6.08 Å². The molecule has 1 N–H and O–H groups in total. The number of amides is 3. The summed E-state index contributed by atoms with van der Waals surface area (Å²) in [6.45, 7) is 2.03. The highest BCUT2D eigenvalue weighted by Gasteiger charge is 2.36. The van der Waals surface area contributed by atoms with Crippen LogP contribution in [-0.2, 0) is 14.3 Å². The lowest BCUT2D eigenvalue weighted by Crippen LogP contribution is -2.36. The number of rotatable bonds is 8. The van der Waals surface area contributed by atoms with Crippen LogP contribution in [0.4, 0.5) is 10.5 Å². The molecule has 1 saturated heterocycles. The van der Waals surface area contributed by atoms with Crippen LogP contribution in [0.5, 0.6) is 5.75 Å². The maximum absolute atomic E-state index is 12.8. The number of methoxy groups -OCH3 is 1. The molecule has 2 aromatic rings. The topological polar surface area (TPSA) is 102 Å². The third-order valence-corrected chi connectivity index (χ3v) is 5.74. The molecule has 2 aromatic carbocycles. The summed E-state index contributed by atoms with van der Waals surface area (Å²) >= 11 is 6.73. The predicted molar refractivity (Wildman–Crippen MR) is 126 cm³/mol. The van der Waals surface area contributed by atoms with Gasteiger partial charge in [0.25, 0.3) is 11.1 Å². The maximum Gasteiger partial charge on any atom is 0.339 e. The van der Waals surface area contributed by atoms with E-state index in [1.165, 1.54) is 25.3 Å². The summed E-state index contributed by atoms with van der Waals surface area (Å²) in [5.74, 6) is -1.23. The minimum Gasteiger partial charge on any atom is -0.493 e. The maximum atomic E-state index is 12.8. The molecule has 0 saturated carbocycles. The Bertz CT molecular complexity index is 1130. The highest BCUT2D eigenvalue weighted by Crippen LogP contribution is 2.34. The van der Waals surface area contributed by atoms with Gasteiger partial charge in [0.15, 0.2) is 0 Å². The van der Waals surface area contributed by atoms with Crippen molar-refractivity contribution in [2.75, 3.05) is 25.6 Å². The molecule has 8 nitrogen and oxygen atoms in total. The number of thioether (sulfide) groups is 1. The summed E-state index contributed by atoms with van der Waals surface area (Å²) in [5, 5.41) is 2.16. The van der Waals surface area contributed by atoms with E-state index >= 15 is 0 Å². The largest absolute Gasteiger partial charge is 0.493 e. The Hall–Kier alpha value is -3.30. The Morgan fingerprint density at radius 1 is 1.18 bits per heavy atom. The zero-order valence-electron chi connectivity index (χ0n) is 17.9. The Morgan fingerprint density at radius 2 is 1.94 bits per heavy atom. The van der Waals surface area contributed by atoms with Crippen molar-refractivity contribution in [1.82, 2.24) is 4.90 Å². The van der Waals surface area contributed by atoms with Crippen LogP contribution in [0.3, 0.4) is 0 Å². The van der Waals surface area contributed by atoms with Crippen LogP contribution in [-0.4, -0.2) is 48.2 Å². The fourth-order valence-electron chi connectivity index (χ4n) is 2.93. The van der Waals surface area contributed by atoms with Gasteiger partial charge in [0.05, 0.1) is 29.2 Å². The molecule has 0 aromatic heterocycles. The number of carbonyl (C=O) groups is 4. The van der Waals surface area contributed by atoms with Gasteiger partial charge in [-0.05, 0) is 48.5 Å². The molecule has 172 valence electrons. The number of nitrogens with zero attached hydrogens (tertiary/aromatic N) is 1. The standard InChI is InChI=1S/C23H21ClN2O6S/c1-3-10-32-18-7-5-4-6-14(18)11-19-21(28)26(23(30)33-19)13-20(27)25-15-8-9-17(24)16(12-15)22(29)31-2/h4-9,11-12H,3,10,13H2,1-2H3,(H,25,27)/b19-11+. The van der Waals surface area contributed by atoms with Crippen molar-refractivity contribution in [3.8, 4) is 5.75 Å². The van der Waals surface area contributed by atoms with Crippen LogP contribution < -0.4 is 10.1 Å². The summed E-state index contributed by atoms with van der Waals surface area (Å²) < 4.78 is 10.3. The zero-order valence-corrected chi connectivity index (χ0v) is 19.5. The lowest BCUT2D eigenvalue weighted by Gasteiger charge is -2.13. The van der Waals surface area contributed by atoms with Crippen molar-refractivity contribution in [3.05, 3.63) is 63.5 Å². The van der Waals surface area contributed by atoms with Gasteiger partial charge in [-0.2, -0.15) is 0 Å². The second kappa shape index (κ2) is 11.0. The van der Waals surface area contributed by atoms with E-state index < -0.39 is 29.6 Å². The number of esters is 1. The lowest BCUT2D eigenvalue weighted by atomic mass is 10.2. The molecule has 1 aliphatic heterocycles. The Labute approximate surface area is 199 Å². The fraction of sp³-hybridized carbons (Fsp3) is 0.217. The number of para-hydroxylation sites is 1. The van der Waals surface area contributed by atoms with Crippen molar-refractivity contribution < 1.29 is 28.7 Å². The minimum absolute atomic E-state index is 0.0787. The molecule has 0 atom stereocenters.